The topological polar surface area (TPSA) is 105 Å². The predicted octanol–water partition coefficient (Wildman–Crippen LogP) is 1.02. The molecule has 0 aliphatic carbocycles. The fourth-order valence-corrected chi connectivity index (χ4v) is 1.24. The van der Waals surface area contributed by atoms with Gasteiger partial charge in [-0.1, -0.05) is 0 Å². The van der Waals surface area contributed by atoms with Gasteiger partial charge in [0.15, 0.2) is 0 Å². The molecule has 0 saturated carbocycles. The molecule has 6 heteroatoms. The number of nitrogens with one attached hydrogen (secondary N) is 1. The van der Waals surface area contributed by atoms with Crippen LogP contribution in [0.15, 0.2) is 35.4 Å². The van der Waals surface area contributed by atoms with Crippen molar-refractivity contribution in [1.29, 1.82) is 5.26 Å². The molecule has 0 amide bonds. The average molecular weight is 228 g/mol. The minimum absolute atomic E-state index is 0.117. The van der Waals surface area contributed by atoms with E-state index < -0.39 is 5.56 Å². The summed E-state index contributed by atoms with van der Waals surface area (Å²) in [6.45, 7) is 0. The fourth-order valence-electron chi connectivity index (χ4n) is 1.24. The Hall–Kier alpha value is -2.81. The summed E-state index contributed by atoms with van der Waals surface area (Å²) in [4.78, 5) is 17.5. The van der Waals surface area contributed by atoms with Gasteiger partial charge in [0, 0.05) is 18.1 Å². The predicted molar refractivity (Wildman–Crippen MR) is 60.5 cm³/mol. The van der Waals surface area contributed by atoms with E-state index in [0.717, 1.165) is 0 Å². The smallest absolute Gasteiger partial charge is 0.311 e. The third kappa shape index (κ3) is 2.23. The van der Waals surface area contributed by atoms with Gasteiger partial charge in [-0.2, -0.15) is 5.26 Å². The molecule has 0 aliphatic heterocycles. The minimum atomic E-state index is -0.465. The van der Waals surface area contributed by atoms with Crippen LogP contribution in [0.2, 0.25) is 0 Å². The highest BCUT2D eigenvalue weighted by Gasteiger charge is 2.08. The molecular weight excluding hydrogens is 220 g/mol. The molecule has 2 aromatic rings. The third-order valence-corrected chi connectivity index (χ3v) is 2.01. The minimum Gasteiger partial charge on any atom is -0.433 e. The number of aromatic amines is 1. The fraction of sp³-hybridized carbons (Fsp3) is 0. The second kappa shape index (κ2) is 4.37. The van der Waals surface area contributed by atoms with Crippen molar-refractivity contribution in [3.05, 3.63) is 46.5 Å². The number of ether oxygens (including phenoxy) is 1. The van der Waals surface area contributed by atoms with Gasteiger partial charge in [0.1, 0.15) is 11.8 Å². The lowest BCUT2D eigenvalue weighted by atomic mass is 10.2. The maximum absolute atomic E-state index is 11.3. The van der Waals surface area contributed by atoms with Crippen LogP contribution in [0, 0.1) is 11.3 Å². The number of nitrogens with zero attached hydrogens (tertiary/aromatic N) is 2. The number of H-pyrrole nitrogens is 1. The van der Waals surface area contributed by atoms with Crippen molar-refractivity contribution in [3.63, 3.8) is 0 Å². The molecule has 0 spiro atoms. The monoisotopic (exact) mass is 228 g/mol. The van der Waals surface area contributed by atoms with Gasteiger partial charge in [0.25, 0.3) is 5.88 Å². The van der Waals surface area contributed by atoms with Gasteiger partial charge >= 0.3 is 5.56 Å². The lowest BCUT2D eigenvalue weighted by Gasteiger charge is -2.05. The summed E-state index contributed by atoms with van der Waals surface area (Å²) < 4.78 is 5.25. The lowest BCUT2D eigenvalue weighted by Crippen LogP contribution is -2.09. The number of aromatic nitrogens is 2. The molecule has 1 aromatic carbocycles. The van der Waals surface area contributed by atoms with Crippen LogP contribution in [-0.4, -0.2) is 9.97 Å². The van der Waals surface area contributed by atoms with Gasteiger partial charge < -0.3 is 15.5 Å². The molecule has 0 aliphatic rings. The van der Waals surface area contributed by atoms with E-state index in [2.05, 4.69) is 9.97 Å². The van der Waals surface area contributed by atoms with Crippen LogP contribution >= 0.6 is 0 Å². The largest absolute Gasteiger partial charge is 0.433 e. The van der Waals surface area contributed by atoms with Crippen LogP contribution < -0.4 is 16.0 Å². The summed E-state index contributed by atoms with van der Waals surface area (Å²) in [5.41, 5.74) is 5.76. The van der Waals surface area contributed by atoms with E-state index in [1.165, 1.54) is 24.5 Å². The van der Waals surface area contributed by atoms with E-state index >= 15 is 0 Å². The summed E-state index contributed by atoms with van der Waals surface area (Å²) in [6.07, 6.45) is 2.78. The maximum Gasteiger partial charge on any atom is 0.311 e. The summed E-state index contributed by atoms with van der Waals surface area (Å²) in [5.74, 6) is 0.125. The third-order valence-electron chi connectivity index (χ3n) is 2.01. The summed E-state index contributed by atoms with van der Waals surface area (Å²) >= 11 is 0. The highest BCUT2D eigenvalue weighted by molar-refractivity contribution is 5.53. The molecule has 0 atom stereocenters. The molecule has 6 nitrogen and oxygen atoms in total. The van der Waals surface area contributed by atoms with Crippen LogP contribution in [0.4, 0.5) is 5.69 Å². The molecule has 1 aromatic heterocycles. The van der Waals surface area contributed by atoms with Crippen LogP contribution in [0.5, 0.6) is 11.6 Å². The highest BCUT2D eigenvalue weighted by atomic mass is 16.5. The van der Waals surface area contributed by atoms with E-state index in [1.54, 1.807) is 6.07 Å². The van der Waals surface area contributed by atoms with Gasteiger partial charge in [-0.25, -0.2) is 4.98 Å². The first kappa shape index (κ1) is 10.7. The van der Waals surface area contributed by atoms with Gasteiger partial charge in [-0.3, -0.25) is 4.79 Å². The number of benzene rings is 1. The van der Waals surface area contributed by atoms with Crippen molar-refractivity contribution < 1.29 is 4.74 Å². The Kier molecular flexibility index (Phi) is 2.75. The Morgan fingerprint density at radius 2 is 2.29 bits per heavy atom. The zero-order chi connectivity index (χ0) is 12.3. The van der Waals surface area contributed by atoms with Crippen molar-refractivity contribution >= 4 is 5.69 Å². The zero-order valence-corrected chi connectivity index (χ0v) is 8.68. The van der Waals surface area contributed by atoms with Gasteiger partial charge in [0.2, 0.25) is 0 Å². The van der Waals surface area contributed by atoms with Gasteiger partial charge in [-0.05, 0) is 18.2 Å². The Labute approximate surface area is 96.3 Å². The van der Waals surface area contributed by atoms with E-state index in [-0.39, 0.29) is 17.2 Å². The molecule has 0 unspecified atom stereocenters. The van der Waals surface area contributed by atoms with Crippen molar-refractivity contribution in [3.8, 4) is 17.7 Å². The number of nitrogen functional groups attached to an aromatic ring is 1. The van der Waals surface area contributed by atoms with Crippen LogP contribution in [0.3, 0.4) is 0 Å². The Balaban J connectivity index is 2.41. The molecule has 0 fully saturated rings. The number of anilines is 1. The number of nitriles is 1. The Morgan fingerprint density at radius 3 is 3.00 bits per heavy atom. The van der Waals surface area contributed by atoms with Crippen LogP contribution in [0.1, 0.15) is 5.56 Å². The normalized spacial score (nSPS) is 9.59. The van der Waals surface area contributed by atoms with Crippen molar-refractivity contribution in [2.45, 2.75) is 0 Å². The molecule has 84 valence electrons. The van der Waals surface area contributed by atoms with E-state index in [4.69, 9.17) is 15.7 Å². The van der Waals surface area contributed by atoms with E-state index in [9.17, 15) is 4.79 Å². The molecular formula is C11H8N4O2. The molecule has 0 bridgehead atoms. The van der Waals surface area contributed by atoms with E-state index in [0.29, 0.717) is 5.69 Å². The zero-order valence-electron chi connectivity index (χ0n) is 8.68. The number of hydrogen-bond acceptors (Lipinski definition) is 5. The van der Waals surface area contributed by atoms with Crippen LogP contribution in [0.25, 0.3) is 0 Å². The van der Waals surface area contributed by atoms with Crippen molar-refractivity contribution in [2.24, 2.45) is 0 Å². The number of rotatable bonds is 2. The number of hydrogen-bond donors (Lipinski definition) is 2. The SMILES string of the molecule is N#Cc1cc(N)ccc1Oc1ncc[nH]c1=O. The standard InChI is InChI=1S/C11H8N4O2/c12-6-7-5-8(13)1-2-9(7)17-11-10(16)14-3-4-15-11/h1-5H,13H2,(H,14,16). The van der Waals surface area contributed by atoms with Crippen molar-refractivity contribution in [1.82, 2.24) is 9.97 Å². The first-order valence-corrected chi connectivity index (χ1v) is 4.72. The maximum atomic E-state index is 11.3. The highest BCUT2D eigenvalue weighted by Crippen LogP contribution is 2.23. The summed E-state index contributed by atoms with van der Waals surface area (Å²) in [6, 6.07) is 6.49. The molecule has 17 heavy (non-hydrogen) atoms. The van der Waals surface area contributed by atoms with Gasteiger partial charge in [0.05, 0.1) is 5.56 Å². The Morgan fingerprint density at radius 1 is 1.47 bits per heavy atom. The van der Waals surface area contributed by atoms with Crippen molar-refractivity contribution in [2.75, 3.05) is 5.73 Å². The Bertz CT molecular complexity index is 642. The van der Waals surface area contributed by atoms with Crippen LogP contribution in [-0.2, 0) is 0 Å². The number of nitrogens with two attached hydrogens (primary N) is 1. The average Bonchev–Trinajstić information content (AvgIpc) is 2.34. The first-order chi connectivity index (χ1) is 8.20. The lowest BCUT2D eigenvalue weighted by molar-refractivity contribution is 0.453. The summed E-state index contributed by atoms with van der Waals surface area (Å²) in [5, 5.41) is 8.90. The second-order valence-electron chi connectivity index (χ2n) is 3.19. The molecule has 1 heterocycles. The second-order valence-corrected chi connectivity index (χ2v) is 3.19. The van der Waals surface area contributed by atoms with E-state index in [1.807, 2.05) is 6.07 Å². The molecule has 3 N–H and O–H groups in total. The molecule has 2 rings (SSSR count). The summed E-state index contributed by atoms with van der Waals surface area (Å²) in [7, 11) is 0. The molecule has 0 radical (unpaired) electrons. The molecule has 0 saturated heterocycles. The van der Waals surface area contributed by atoms with Gasteiger partial charge in [-0.15, -0.1) is 0 Å². The first-order valence-electron chi connectivity index (χ1n) is 4.72. The quantitative estimate of drug-likeness (QED) is 0.746.